The molecule has 0 aliphatic carbocycles. The van der Waals surface area contributed by atoms with E-state index in [2.05, 4.69) is 5.32 Å². The van der Waals surface area contributed by atoms with E-state index < -0.39 is 5.97 Å². The molecule has 1 heterocycles. The second-order valence-electron chi connectivity index (χ2n) is 4.16. The first-order chi connectivity index (χ1) is 8.58. The Balaban J connectivity index is 2.17. The zero-order valence-corrected chi connectivity index (χ0v) is 9.72. The molecule has 1 aromatic rings. The topological polar surface area (TPSA) is 89.9 Å². The normalized spacial score (nSPS) is 14.6. The van der Waals surface area contributed by atoms with Crippen molar-refractivity contribution in [3.63, 3.8) is 0 Å². The standard InChI is InChI=1S/C12H14N2O4/c15-8-3-4-10(9(7-8)11(16)17)13-12(18)14-5-1-2-6-14/h3-4,7,15H,1-2,5-6H2,(H,13,18)(H,16,17). The largest absolute Gasteiger partial charge is 0.508 e. The molecule has 0 aromatic heterocycles. The Morgan fingerprint density at radius 3 is 2.50 bits per heavy atom. The predicted octanol–water partition coefficient (Wildman–Crippen LogP) is 1.72. The van der Waals surface area contributed by atoms with E-state index in [1.54, 1.807) is 4.90 Å². The lowest BCUT2D eigenvalue weighted by atomic mass is 10.1. The number of carbonyl (C=O) groups excluding carboxylic acids is 1. The number of carboxylic acid groups (broad SMARTS) is 1. The van der Waals surface area contributed by atoms with Crippen molar-refractivity contribution in [2.24, 2.45) is 0 Å². The lowest BCUT2D eigenvalue weighted by molar-refractivity contribution is 0.0697. The molecule has 2 rings (SSSR count). The van der Waals surface area contributed by atoms with E-state index >= 15 is 0 Å². The fraction of sp³-hybridized carbons (Fsp3) is 0.333. The number of carboxylic acids is 1. The van der Waals surface area contributed by atoms with Gasteiger partial charge in [0.15, 0.2) is 0 Å². The second kappa shape index (κ2) is 4.95. The Kier molecular flexibility index (Phi) is 3.36. The van der Waals surface area contributed by atoms with Crippen molar-refractivity contribution in [2.75, 3.05) is 18.4 Å². The van der Waals surface area contributed by atoms with E-state index in [-0.39, 0.29) is 23.0 Å². The molecular weight excluding hydrogens is 236 g/mol. The molecule has 1 fully saturated rings. The number of phenols is 1. The van der Waals surface area contributed by atoms with Crippen molar-refractivity contribution in [1.82, 2.24) is 4.90 Å². The van der Waals surface area contributed by atoms with Crippen molar-refractivity contribution < 1.29 is 19.8 Å². The molecule has 1 saturated heterocycles. The summed E-state index contributed by atoms with van der Waals surface area (Å²) < 4.78 is 0. The number of rotatable bonds is 2. The number of nitrogens with one attached hydrogen (secondary N) is 1. The molecule has 0 radical (unpaired) electrons. The van der Waals surface area contributed by atoms with Crippen LogP contribution in [-0.2, 0) is 0 Å². The van der Waals surface area contributed by atoms with Gasteiger partial charge < -0.3 is 20.4 Å². The Bertz CT molecular complexity index is 481. The Morgan fingerprint density at radius 2 is 1.89 bits per heavy atom. The third-order valence-corrected chi connectivity index (χ3v) is 2.87. The number of aromatic hydroxyl groups is 1. The molecule has 0 atom stereocenters. The van der Waals surface area contributed by atoms with E-state index in [1.807, 2.05) is 0 Å². The summed E-state index contributed by atoms with van der Waals surface area (Å²) in [6, 6.07) is 3.53. The fourth-order valence-corrected chi connectivity index (χ4v) is 1.93. The maximum Gasteiger partial charge on any atom is 0.337 e. The molecule has 0 bridgehead atoms. The number of benzene rings is 1. The van der Waals surface area contributed by atoms with Crippen LogP contribution in [0.1, 0.15) is 23.2 Å². The van der Waals surface area contributed by atoms with Gasteiger partial charge in [-0.25, -0.2) is 9.59 Å². The van der Waals surface area contributed by atoms with Crippen LogP contribution in [0.15, 0.2) is 18.2 Å². The highest BCUT2D eigenvalue weighted by Crippen LogP contribution is 2.22. The Morgan fingerprint density at radius 1 is 1.22 bits per heavy atom. The van der Waals surface area contributed by atoms with E-state index in [9.17, 15) is 14.7 Å². The molecule has 1 aliphatic rings. The molecule has 6 heteroatoms. The third kappa shape index (κ3) is 2.53. The van der Waals surface area contributed by atoms with Gasteiger partial charge in [-0.3, -0.25) is 0 Å². The molecule has 0 spiro atoms. The maximum absolute atomic E-state index is 11.8. The van der Waals surface area contributed by atoms with Gasteiger partial charge in [0.1, 0.15) is 5.75 Å². The van der Waals surface area contributed by atoms with Crippen LogP contribution in [0.4, 0.5) is 10.5 Å². The van der Waals surface area contributed by atoms with Gasteiger partial charge >= 0.3 is 12.0 Å². The van der Waals surface area contributed by atoms with Crippen LogP contribution in [0.3, 0.4) is 0 Å². The molecule has 18 heavy (non-hydrogen) atoms. The SMILES string of the molecule is O=C(O)c1cc(O)ccc1NC(=O)N1CCCC1. The molecule has 96 valence electrons. The van der Waals surface area contributed by atoms with E-state index in [0.29, 0.717) is 13.1 Å². The highest BCUT2D eigenvalue weighted by atomic mass is 16.4. The Labute approximate surface area is 104 Å². The first-order valence-electron chi connectivity index (χ1n) is 5.70. The smallest absolute Gasteiger partial charge is 0.337 e. The zero-order valence-electron chi connectivity index (χ0n) is 9.72. The first kappa shape index (κ1) is 12.2. The van der Waals surface area contributed by atoms with Gasteiger partial charge in [-0.05, 0) is 31.0 Å². The average molecular weight is 250 g/mol. The number of urea groups is 1. The minimum absolute atomic E-state index is 0.123. The van der Waals surface area contributed by atoms with E-state index in [0.717, 1.165) is 18.9 Å². The summed E-state index contributed by atoms with van der Waals surface area (Å²) >= 11 is 0. The van der Waals surface area contributed by atoms with Gasteiger partial charge in [-0.2, -0.15) is 0 Å². The third-order valence-electron chi connectivity index (χ3n) is 2.87. The summed E-state index contributed by atoms with van der Waals surface area (Å²) in [5, 5.41) is 20.8. The quantitative estimate of drug-likeness (QED) is 0.697. The summed E-state index contributed by atoms with van der Waals surface area (Å²) in [5.74, 6) is -1.34. The average Bonchev–Trinajstić information content (AvgIpc) is 2.84. The first-order valence-corrected chi connectivity index (χ1v) is 5.70. The van der Waals surface area contributed by atoms with Crippen LogP contribution in [0.25, 0.3) is 0 Å². The minimum atomic E-state index is -1.19. The number of hydrogen-bond acceptors (Lipinski definition) is 3. The number of likely N-dealkylation sites (tertiary alicyclic amines) is 1. The highest BCUT2D eigenvalue weighted by Gasteiger charge is 2.20. The summed E-state index contributed by atoms with van der Waals surface area (Å²) in [5.41, 5.74) is 0.0692. The van der Waals surface area contributed by atoms with Gasteiger partial charge in [0.2, 0.25) is 0 Å². The summed E-state index contributed by atoms with van der Waals surface area (Å²) in [6.07, 6.45) is 1.93. The van der Waals surface area contributed by atoms with Crippen LogP contribution in [0.2, 0.25) is 0 Å². The van der Waals surface area contributed by atoms with Crippen LogP contribution >= 0.6 is 0 Å². The molecule has 0 unspecified atom stereocenters. The van der Waals surface area contributed by atoms with Crippen molar-refractivity contribution >= 4 is 17.7 Å². The maximum atomic E-state index is 11.8. The molecule has 6 nitrogen and oxygen atoms in total. The van der Waals surface area contributed by atoms with Gasteiger partial charge in [0.05, 0.1) is 11.3 Å². The molecule has 0 saturated carbocycles. The fourth-order valence-electron chi connectivity index (χ4n) is 1.93. The highest BCUT2D eigenvalue weighted by molar-refractivity contribution is 6.00. The number of phenolic OH excluding ortho intramolecular Hbond substituents is 1. The predicted molar refractivity (Wildman–Crippen MR) is 64.9 cm³/mol. The van der Waals surface area contributed by atoms with E-state index in [1.165, 1.54) is 12.1 Å². The molecule has 2 amide bonds. The van der Waals surface area contributed by atoms with Gasteiger partial charge in [-0.1, -0.05) is 0 Å². The van der Waals surface area contributed by atoms with Gasteiger partial charge in [-0.15, -0.1) is 0 Å². The van der Waals surface area contributed by atoms with E-state index in [4.69, 9.17) is 5.11 Å². The lowest BCUT2D eigenvalue weighted by Gasteiger charge is -2.17. The van der Waals surface area contributed by atoms with Crippen LogP contribution in [-0.4, -0.2) is 40.2 Å². The number of aromatic carboxylic acids is 1. The van der Waals surface area contributed by atoms with Crippen molar-refractivity contribution in [3.05, 3.63) is 23.8 Å². The van der Waals surface area contributed by atoms with Gasteiger partial charge in [0.25, 0.3) is 0 Å². The number of amides is 2. The van der Waals surface area contributed by atoms with Crippen molar-refractivity contribution in [2.45, 2.75) is 12.8 Å². The number of nitrogens with zero attached hydrogens (tertiary/aromatic N) is 1. The molecule has 1 aromatic carbocycles. The summed E-state index contributed by atoms with van der Waals surface area (Å²) in [6.45, 7) is 1.37. The molecule has 1 aliphatic heterocycles. The second-order valence-corrected chi connectivity index (χ2v) is 4.16. The van der Waals surface area contributed by atoms with Crippen LogP contribution < -0.4 is 5.32 Å². The summed E-state index contributed by atoms with van der Waals surface area (Å²) in [7, 11) is 0. The Hall–Kier alpha value is -2.24. The number of anilines is 1. The zero-order chi connectivity index (χ0) is 13.1. The van der Waals surface area contributed by atoms with Crippen molar-refractivity contribution in [3.8, 4) is 5.75 Å². The molecular formula is C12H14N2O4. The monoisotopic (exact) mass is 250 g/mol. The summed E-state index contributed by atoms with van der Waals surface area (Å²) in [4.78, 5) is 24.5. The van der Waals surface area contributed by atoms with Crippen molar-refractivity contribution in [1.29, 1.82) is 0 Å². The minimum Gasteiger partial charge on any atom is -0.508 e. The van der Waals surface area contributed by atoms with Gasteiger partial charge in [0, 0.05) is 13.1 Å². The number of carbonyl (C=O) groups is 2. The van der Waals surface area contributed by atoms with Crippen LogP contribution in [0, 0.1) is 0 Å². The number of hydrogen-bond donors (Lipinski definition) is 3. The van der Waals surface area contributed by atoms with Crippen LogP contribution in [0.5, 0.6) is 5.75 Å². The lowest BCUT2D eigenvalue weighted by Crippen LogP contribution is -2.32. The molecule has 3 N–H and O–H groups in total.